The molecule has 0 spiro atoms. The van der Waals surface area contributed by atoms with Crippen LogP contribution < -0.4 is 0 Å². The fourth-order valence-electron chi connectivity index (χ4n) is 3.91. The van der Waals surface area contributed by atoms with Gasteiger partial charge in [0.1, 0.15) is 0 Å². The van der Waals surface area contributed by atoms with Crippen molar-refractivity contribution in [1.29, 1.82) is 0 Å². The summed E-state index contributed by atoms with van der Waals surface area (Å²) in [6.07, 6.45) is 2.95. The minimum atomic E-state index is -0.234. The van der Waals surface area contributed by atoms with E-state index in [1.807, 2.05) is 0 Å². The zero-order chi connectivity index (χ0) is 32.7. The second-order valence-corrected chi connectivity index (χ2v) is 12.4. The molecule has 0 aliphatic heterocycles. The number of rotatable bonds is 27. The van der Waals surface area contributed by atoms with Crippen molar-refractivity contribution in [2.24, 2.45) is 0 Å². The van der Waals surface area contributed by atoms with Crippen LogP contribution in [0.2, 0.25) is 16.5 Å². The molecule has 0 aromatic heterocycles. The Morgan fingerprint density at radius 2 is 1.00 bits per heavy atom. The number of thiol groups is 1. The molecule has 252 valence electrons. The van der Waals surface area contributed by atoms with Crippen LogP contribution in [0.25, 0.3) is 0 Å². The summed E-state index contributed by atoms with van der Waals surface area (Å²) in [5, 5.41) is 1.59. The Labute approximate surface area is 286 Å². The first-order chi connectivity index (χ1) is 20.7. The molecule has 0 bridgehead atoms. The molecule has 0 rings (SSSR count). The number of ether oxygens (including phenoxy) is 4. The number of esters is 4. The molecule has 15 heteroatoms. The number of nitrogens with zero attached hydrogens (tertiary/aromatic N) is 3. The van der Waals surface area contributed by atoms with Gasteiger partial charge in [-0.3, -0.25) is 9.59 Å². The van der Waals surface area contributed by atoms with E-state index in [1.165, 1.54) is 0 Å². The Bertz CT molecular complexity index is 707. The van der Waals surface area contributed by atoms with Crippen molar-refractivity contribution < 1.29 is 38.1 Å². The first kappa shape index (κ1) is 44.8. The van der Waals surface area contributed by atoms with Crippen molar-refractivity contribution in [1.82, 2.24) is 14.7 Å². The van der Waals surface area contributed by atoms with Gasteiger partial charge in [0.2, 0.25) is 0 Å². The average Bonchev–Trinajstić information content (AvgIpc) is 2.99. The van der Waals surface area contributed by atoms with Crippen LogP contribution in [-0.2, 0) is 38.1 Å². The summed E-state index contributed by atoms with van der Waals surface area (Å²) in [5.74, 6) is 1.22. The molecule has 43 heavy (non-hydrogen) atoms. The van der Waals surface area contributed by atoms with E-state index in [0.29, 0.717) is 92.1 Å². The first-order valence-corrected chi connectivity index (χ1v) is 21.6. The van der Waals surface area contributed by atoms with Crippen molar-refractivity contribution in [3.8, 4) is 0 Å². The van der Waals surface area contributed by atoms with Gasteiger partial charge in [-0.2, -0.15) is 0 Å². The minimum absolute atomic E-state index is 0.198. The molecule has 0 saturated carbocycles. The number of hydrogen-bond acceptors (Lipinski definition) is 12. The van der Waals surface area contributed by atoms with Gasteiger partial charge < -0.3 is 14.4 Å². The number of carbonyl (C=O) groups is 4. The van der Waals surface area contributed by atoms with Gasteiger partial charge in [-0.25, -0.2) is 0 Å². The van der Waals surface area contributed by atoms with E-state index >= 15 is 0 Å². The predicted molar refractivity (Wildman–Crippen MR) is 175 cm³/mol. The van der Waals surface area contributed by atoms with E-state index in [2.05, 4.69) is 69.5 Å². The van der Waals surface area contributed by atoms with Crippen LogP contribution in [-0.4, -0.2) is 170 Å². The van der Waals surface area contributed by atoms with Gasteiger partial charge in [-0.15, -0.1) is 0 Å². The van der Waals surface area contributed by atoms with Crippen molar-refractivity contribution >= 4 is 80.8 Å². The summed E-state index contributed by atoms with van der Waals surface area (Å²) < 4.78 is 20.6. The summed E-state index contributed by atoms with van der Waals surface area (Å²) in [5.41, 5.74) is 0. The quantitative estimate of drug-likeness (QED) is 0.0431. The molecule has 0 amide bonds. The van der Waals surface area contributed by atoms with Crippen LogP contribution in [0.4, 0.5) is 0 Å². The molecule has 0 N–H and O–H groups in total. The van der Waals surface area contributed by atoms with Crippen molar-refractivity contribution in [2.45, 2.75) is 68.8 Å². The van der Waals surface area contributed by atoms with E-state index in [-0.39, 0.29) is 30.3 Å². The van der Waals surface area contributed by atoms with Gasteiger partial charge in [-0.1, -0.05) is 0 Å². The van der Waals surface area contributed by atoms with E-state index in [4.69, 9.17) is 18.9 Å². The van der Waals surface area contributed by atoms with Gasteiger partial charge in [0.25, 0.3) is 0 Å². The van der Waals surface area contributed by atoms with Gasteiger partial charge in [-0.05, 0) is 26.8 Å². The summed E-state index contributed by atoms with van der Waals surface area (Å²) >= 11 is 9.03. The van der Waals surface area contributed by atoms with Crippen LogP contribution in [0, 0.1) is 0 Å². The third-order valence-electron chi connectivity index (χ3n) is 6.06. The summed E-state index contributed by atoms with van der Waals surface area (Å²) in [4.78, 5) is 54.2. The Balaban J connectivity index is 0. The molecular formula is C28H53N3O8SSe3. The molecule has 0 saturated heterocycles. The van der Waals surface area contributed by atoms with Crippen LogP contribution in [0.3, 0.4) is 0 Å². The zero-order valence-corrected chi connectivity index (χ0v) is 32.5. The van der Waals surface area contributed by atoms with E-state index < -0.39 is 0 Å². The zero-order valence-electron chi connectivity index (χ0n) is 26.4. The Morgan fingerprint density at radius 1 is 0.628 bits per heavy atom. The van der Waals surface area contributed by atoms with Crippen LogP contribution in [0.1, 0.15) is 52.4 Å². The molecule has 0 aromatic rings. The maximum atomic E-state index is 12.1. The molecule has 11 nitrogen and oxygen atoms in total. The van der Waals surface area contributed by atoms with Gasteiger partial charge >= 0.3 is 198 Å². The second-order valence-electron chi connectivity index (χ2n) is 9.44. The molecule has 0 aromatic carbocycles. The Morgan fingerprint density at radius 3 is 1.35 bits per heavy atom. The van der Waals surface area contributed by atoms with Gasteiger partial charge in [0.05, 0.1) is 26.1 Å². The average molecular weight is 829 g/mol. The van der Waals surface area contributed by atoms with Crippen LogP contribution in [0.15, 0.2) is 0 Å². The van der Waals surface area contributed by atoms with Crippen molar-refractivity contribution in [3.05, 3.63) is 0 Å². The van der Waals surface area contributed by atoms with Crippen molar-refractivity contribution in [3.63, 3.8) is 0 Å². The molecule has 0 unspecified atom stereocenters. The second kappa shape index (κ2) is 33.0. The topological polar surface area (TPSA) is 115 Å². The monoisotopic (exact) mass is 831 g/mol. The number of carbonyl (C=O) groups excluding carboxylic acids is 4. The third-order valence-corrected chi connectivity index (χ3v) is 7.62. The van der Waals surface area contributed by atoms with Crippen LogP contribution >= 0.6 is 11.0 Å². The number of hydrogen-bond donors (Lipinski definition) is 1. The first-order valence-electron chi connectivity index (χ1n) is 14.8. The molecule has 2 radical (unpaired) electrons. The molecule has 0 heterocycles. The summed E-state index contributed by atoms with van der Waals surface area (Å²) in [7, 11) is 2.07. The molecule has 0 aliphatic rings. The maximum absolute atomic E-state index is 12.1. The fraction of sp³-hybridized carbons (Fsp3) is 0.857. The van der Waals surface area contributed by atoms with Crippen molar-refractivity contribution in [2.75, 3.05) is 85.8 Å². The van der Waals surface area contributed by atoms with E-state index in [1.54, 1.807) is 13.8 Å². The normalized spacial score (nSPS) is 10.8. The molecule has 0 aliphatic carbocycles. The van der Waals surface area contributed by atoms with Crippen LogP contribution in [0.5, 0.6) is 0 Å². The van der Waals surface area contributed by atoms with E-state index in [0.717, 1.165) is 44.3 Å². The summed E-state index contributed by atoms with van der Waals surface area (Å²) in [6.45, 7) is 10.5. The van der Waals surface area contributed by atoms with E-state index in [9.17, 15) is 19.2 Å². The summed E-state index contributed by atoms with van der Waals surface area (Å²) in [6, 6.07) is 0. The molecule has 0 atom stereocenters. The molecule has 0 fully saturated rings. The van der Waals surface area contributed by atoms with Gasteiger partial charge in [0, 0.05) is 13.1 Å². The predicted octanol–water partition coefficient (Wildman–Crippen LogP) is 1.83. The fourth-order valence-corrected chi connectivity index (χ4v) is 4.61. The van der Waals surface area contributed by atoms with Gasteiger partial charge in [0.15, 0.2) is 0 Å². The Hall–Kier alpha value is -0.332. The third kappa shape index (κ3) is 30.1. The molecular weight excluding hydrogens is 775 g/mol. The Kier molecular flexibility index (Phi) is 34.4. The SMILES string of the molecule is CCOC(=O)CCN(CCCN(C)CCCN(CCC(=O)OCC[Se])CCC(=O)OCC[Se]C)CCC(=O)OCC.S[Se]. The standard InChI is InChI=1S/C28H52N3O8Se2.HSSe/c1-5-36-25(32)9-17-30(18-10-26(33)37-6-2)15-7-13-29(3)14-8-16-31(19-11-27(34)38-21-23-40)20-12-28(35)39-22-24-41-4;1-2/h5-24H2,1-4H3;1H.